The van der Waals surface area contributed by atoms with Crippen molar-refractivity contribution in [2.75, 3.05) is 30.8 Å². The number of anilines is 2. The van der Waals surface area contributed by atoms with Gasteiger partial charge in [0.1, 0.15) is 11.6 Å². The summed E-state index contributed by atoms with van der Waals surface area (Å²) in [6.07, 6.45) is 0. The van der Waals surface area contributed by atoms with E-state index in [9.17, 15) is 18.8 Å². The predicted molar refractivity (Wildman–Crippen MR) is 125 cm³/mol. The maximum absolute atomic E-state index is 13.3. The van der Waals surface area contributed by atoms with E-state index in [-0.39, 0.29) is 54.2 Å². The third-order valence-electron chi connectivity index (χ3n) is 5.28. The lowest BCUT2D eigenvalue weighted by atomic mass is 10.1. The first-order valence-corrected chi connectivity index (χ1v) is 10.8. The Morgan fingerprint density at radius 2 is 1.69 bits per heavy atom. The van der Waals surface area contributed by atoms with E-state index in [0.29, 0.717) is 6.54 Å². The molecule has 1 unspecified atom stereocenters. The smallest absolute Gasteiger partial charge is 0.330 e. The van der Waals surface area contributed by atoms with Gasteiger partial charge in [-0.1, -0.05) is 39.8 Å². The average molecular weight is 448 g/mol. The summed E-state index contributed by atoms with van der Waals surface area (Å²) < 4.78 is 14.5. The Hall–Kier alpha value is -2.94. The van der Waals surface area contributed by atoms with E-state index < -0.39 is 11.2 Å². The first-order chi connectivity index (χ1) is 14.9. The Labute approximate surface area is 187 Å². The van der Waals surface area contributed by atoms with Gasteiger partial charge in [0.25, 0.3) is 5.56 Å². The van der Waals surface area contributed by atoms with Gasteiger partial charge in [0.05, 0.1) is 6.54 Å². The van der Waals surface area contributed by atoms with Crippen LogP contribution in [0.25, 0.3) is 0 Å². The van der Waals surface area contributed by atoms with Gasteiger partial charge in [-0.2, -0.15) is 0 Å². The lowest BCUT2D eigenvalue weighted by Gasteiger charge is -2.30. The highest BCUT2D eigenvalue weighted by molar-refractivity contribution is 5.96. The summed E-state index contributed by atoms with van der Waals surface area (Å²) in [5.74, 6) is -0.486. The molecule has 2 aromatic rings. The summed E-state index contributed by atoms with van der Waals surface area (Å²) in [6.45, 7) is 10.2. The molecule has 9 heteroatoms. The molecule has 1 atom stereocenters. The van der Waals surface area contributed by atoms with E-state index in [1.54, 1.807) is 19.2 Å². The van der Waals surface area contributed by atoms with Gasteiger partial charge in [-0.3, -0.25) is 24.0 Å². The second-order valence-corrected chi connectivity index (χ2v) is 9.04. The Kier molecular flexibility index (Phi) is 8.38. The van der Waals surface area contributed by atoms with E-state index in [0.717, 1.165) is 5.56 Å². The van der Waals surface area contributed by atoms with Crippen LogP contribution in [0.15, 0.2) is 33.9 Å². The number of nitrogens with zero attached hydrogens (tertiary/aromatic N) is 3. The van der Waals surface area contributed by atoms with Crippen LogP contribution in [-0.2, 0) is 11.3 Å². The molecule has 0 saturated carbocycles. The van der Waals surface area contributed by atoms with E-state index in [1.165, 1.54) is 21.6 Å². The molecule has 0 bridgehead atoms. The fraction of sp³-hybridized carbons (Fsp3) is 0.522. The van der Waals surface area contributed by atoms with Gasteiger partial charge in [0.15, 0.2) is 5.69 Å². The van der Waals surface area contributed by atoms with Crippen molar-refractivity contribution >= 4 is 17.4 Å². The zero-order chi connectivity index (χ0) is 24.2. The number of carbonyl (C=O) groups is 1. The molecule has 1 aromatic heterocycles. The number of amides is 1. The quantitative estimate of drug-likeness (QED) is 0.615. The second kappa shape index (κ2) is 10.6. The highest BCUT2D eigenvalue weighted by atomic mass is 19.1. The minimum Gasteiger partial charge on any atom is -0.383 e. The van der Waals surface area contributed by atoms with Crippen molar-refractivity contribution in [1.82, 2.24) is 14.5 Å². The maximum Gasteiger partial charge on any atom is 0.330 e. The number of nitrogens with one attached hydrogen (secondary N) is 1. The molecule has 0 fully saturated rings. The van der Waals surface area contributed by atoms with Crippen molar-refractivity contribution < 1.29 is 9.18 Å². The number of rotatable bonds is 9. The zero-order valence-electron chi connectivity index (χ0n) is 19.7. The fourth-order valence-corrected chi connectivity index (χ4v) is 3.50. The Bertz CT molecular complexity index is 1040. The number of nitrogens with two attached hydrogens (primary N) is 1. The van der Waals surface area contributed by atoms with Crippen molar-refractivity contribution in [3.05, 3.63) is 56.5 Å². The highest BCUT2D eigenvalue weighted by Crippen LogP contribution is 2.22. The third-order valence-corrected chi connectivity index (χ3v) is 5.28. The van der Waals surface area contributed by atoms with Gasteiger partial charge in [-0.25, -0.2) is 9.18 Å². The van der Waals surface area contributed by atoms with Crippen LogP contribution in [0.2, 0.25) is 0 Å². The van der Waals surface area contributed by atoms with Crippen molar-refractivity contribution in [2.45, 2.75) is 47.2 Å². The first-order valence-electron chi connectivity index (χ1n) is 10.8. The zero-order valence-corrected chi connectivity index (χ0v) is 19.7. The summed E-state index contributed by atoms with van der Waals surface area (Å²) in [5.41, 5.74) is 5.82. The predicted octanol–water partition coefficient (Wildman–Crippen LogP) is 2.60. The molecule has 8 nitrogen and oxygen atoms in total. The van der Waals surface area contributed by atoms with E-state index >= 15 is 0 Å². The van der Waals surface area contributed by atoms with Crippen LogP contribution in [0, 0.1) is 17.7 Å². The number of hydrogen-bond acceptors (Lipinski definition) is 5. The Balaban J connectivity index is 2.39. The molecule has 0 spiro atoms. The molecular formula is C23H34FN5O3. The molecule has 2 rings (SSSR count). The minimum atomic E-state index is -0.684. The number of benzene rings is 1. The van der Waals surface area contributed by atoms with E-state index in [1.807, 2.05) is 39.5 Å². The second-order valence-electron chi connectivity index (χ2n) is 9.04. The highest BCUT2D eigenvalue weighted by Gasteiger charge is 2.27. The maximum atomic E-state index is 13.3. The topological polar surface area (TPSA) is 104 Å². The molecule has 3 N–H and O–H groups in total. The van der Waals surface area contributed by atoms with Crippen LogP contribution in [0.4, 0.5) is 15.9 Å². The summed E-state index contributed by atoms with van der Waals surface area (Å²) in [7, 11) is 1.78. The Morgan fingerprint density at radius 3 is 2.22 bits per heavy atom. The number of aromatic nitrogens is 2. The lowest BCUT2D eigenvalue weighted by Crippen LogP contribution is -2.46. The molecule has 0 aliphatic rings. The lowest BCUT2D eigenvalue weighted by molar-refractivity contribution is -0.120. The normalized spacial score (nSPS) is 12.6. The number of H-pyrrole nitrogens is 1. The molecule has 1 heterocycles. The van der Waals surface area contributed by atoms with Crippen molar-refractivity contribution in [3.8, 4) is 0 Å². The van der Waals surface area contributed by atoms with Crippen LogP contribution in [0.5, 0.6) is 0 Å². The van der Waals surface area contributed by atoms with Crippen molar-refractivity contribution in [3.63, 3.8) is 0 Å². The summed E-state index contributed by atoms with van der Waals surface area (Å²) >= 11 is 0. The number of carbonyl (C=O) groups excluding carboxylic acids is 1. The van der Waals surface area contributed by atoms with Crippen LogP contribution in [0.1, 0.15) is 46.2 Å². The van der Waals surface area contributed by atoms with Gasteiger partial charge >= 0.3 is 5.69 Å². The molecule has 0 radical (unpaired) electrons. The van der Waals surface area contributed by atoms with Gasteiger partial charge in [0, 0.05) is 19.1 Å². The number of aromatic amines is 1. The molecule has 32 heavy (non-hydrogen) atoms. The minimum absolute atomic E-state index is 0.00739. The molecule has 1 aromatic carbocycles. The van der Waals surface area contributed by atoms with E-state index in [4.69, 9.17) is 5.73 Å². The Morgan fingerprint density at radius 1 is 1.09 bits per heavy atom. The molecule has 176 valence electrons. The van der Waals surface area contributed by atoms with Crippen molar-refractivity contribution in [1.29, 1.82) is 0 Å². The standard InChI is InChI=1S/C23H34FN5O3/c1-14(2)11-28(20-21(25)29(12-15(3)4)23(32)26-22(20)31)19(30)13-27(6)16(5)17-7-9-18(24)10-8-17/h7-10,14-16H,11-13,25H2,1-6H3,(H,26,31,32). The van der Waals surface area contributed by atoms with Crippen LogP contribution >= 0.6 is 0 Å². The number of halogens is 1. The van der Waals surface area contributed by atoms with Crippen LogP contribution in [0.3, 0.4) is 0 Å². The summed E-state index contributed by atoms with van der Waals surface area (Å²) in [6, 6.07) is 5.95. The molecule has 1 amide bonds. The number of hydrogen-bond donors (Lipinski definition) is 2. The monoisotopic (exact) mass is 447 g/mol. The largest absolute Gasteiger partial charge is 0.383 e. The average Bonchev–Trinajstić information content (AvgIpc) is 2.69. The molecule has 0 saturated heterocycles. The number of nitrogen functional groups attached to an aromatic ring is 1. The molecule has 0 aliphatic heterocycles. The summed E-state index contributed by atoms with van der Waals surface area (Å²) in [4.78, 5) is 43.8. The fourth-order valence-electron chi connectivity index (χ4n) is 3.50. The molecule has 0 aliphatic carbocycles. The van der Waals surface area contributed by atoms with Gasteiger partial charge in [-0.05, 0) is 43.5 Å². The molecular weight excluding hydrogens is 413 g/mol. The third kappa shape index (κ3) is 6.06. The van der Waals surface area contributed by atoms with Gasteiger partial charge in [0.2, 0.25) is 5.91 Å². The van der Waals surface area contributed by atoms with Gasteiger partial charge < -0.3 is 10.6 Å². The van der Waals surface area contributed by atoms with Gasteiger partial charge in [-0.15, -0.1) is 0 Å². The first kappa shape index (κ1) is 25.3. The SMILES string of the molecule is CC(C)CN(C(=O)CN(C)C(C)c1ccc(F)cc1)c1c(N)n(CC(C)C)c(=O)[nH]c1=O. The van der Waals surface area contributed by atoms with Crippen LogP contribution in [-0.4, -0.2) is 40.5 Å². The number of likely N-dealkylation sites (N-methyl/N-ethyl adjacent to an activating group) is 1. The summed E-state index contributed by atoms with van der Waals surface area (Å²) in [5, 5.41) is 0. The van der Waals surface area contributed by atoms with Crippen molar-refractivity contribution in [2.24, 2.45) is 11.8 Å². The van der Waals surface area contributed by atoms with Crippen LogP contribution < -0.4 is 21.9 Å². The van der Waals surface area contributed by atoms with E-state index in [2.05, 4.69) is 4.98 Å².